The number of benzene rings is 2. The first kappa shape index (κ1) is 43.9. The number of carbonyl (C=O) groups is 3. The number of alkyl carbamates (subject to hydrolysis) is 3. The normalized spacial score (nSPS) is 21.4. The number of hydrogen-bond donors (Lipinski definition) is 3. The van der Waals surface area contributed by atoms with Crippen molar-refractivity contribution in [3.05, 3.63) is 59.7 Å². The molecule has 316 valence electrons. The predicted octanol–water partition coefficient (Wildman–Crippen LogP) is 7.01. The average Bonchev–Trinajstić information content (AvgIpc) is 4.10. The molecule has 3 fully saturated rings. The Hall–Kier alpha value is -4.23. The molecule has 0 radical (unpaired) electrons. The van der Waals surface area contributed by atoms with Gasteiger partial charge in [-0.2, -0.15) is 0 Å². The highest BCUT2D eigenvalue weighted by atomic mass is 16.6. The molecular weight excluding hydrogens is 727 g/mol. The van der Waals surface area contributed by atoms with Gasteiger partial charge in [-0.15, -0.1) is 0 Å². The predicted molar refractivity (Wildman–Crippen MR) is 220 cm³/mol. The van der Waals surface area contributed by atoms with Crippen molar-refractivity contribution in [2.45, 2.75) is 128 Å². The van der Waals surface area contributed by atoms with Crippen LogP contribution >= 0.6 is 0 Å². The summed E-state index contributed by atoms with van der Waals surface area (Å²) in [6.07, 6.45) is 7.18. The van der Waals surface area contributed by atoms with Crippen molar-refractivity contribution < 1.29 is 38.1 Å². The Labute approximate surface area is 339 Å². The zero-order valence-electron chi connectivity index (χ0n) is 34.9. The third-order valence-corrected chi connectivity index (χ3v) is 11.2. The van der Waals surface area contributed by atoms with E-state index in [1.54, 1.807) is 0 Å². The minimum atomic E-state index is -0.433. The number of nitrogens with zero attached hydrogens (tertiary/aromatic N) is 2. The maximum absolute atomic E-state index is 12.7. The van der Waals surface area contributed by atoms with Gasteiger partial charge < -0.3 is 39.6 Å². The molecule has 5 rings (SSSR count). The van der Waals surface area contributed by atoms with E-state index in [9.17, 15) is 14.4 Å². The van der Waals surface area contributed by atoms with Crippen molar-refractivity contribution in [1.29, 1.82) is 0 Å². The fourth-order valence-electron chi connectivity index (χ4n) is 7.24. The van der Waals surface area contributed by atoms with Crippen LogP contribution in [0.25, 0.3) is 0 Å². The molecular formula is C44H67N5O8. The third kappa shape index (κ3) is 15.2. The largest absolute Gasteiger partial charge is 0.490 e. The van der Waals surface area contributed by atoms with Crippen LogP contribution in [-0.2, 0) is 19.6 Å². The van der Waals surface area contributed by atoms with Crippen LogP contribution in [-0.4, -0.2) is 118 Å². The van der Waals surface area contributed by atoms with Crippen molar-refractivity contribution in [3.63, 3.8) is 0 Å². The van der Waals surface area contributed by atoms with Gasteiger partial charge in [-0.3, -0.25) is 9.80 Å². The Morgan fingerprint density at radius 3 is 1.54 bits per heavy atom. The van der Waals surface area contributed by atoms with Crippen LogP contribution < -0.4 is 25.4 Å². The smallest absolute Gasteiger partial charge is 0.407 e. The molecule has 0 aromatic heterocycles. The topological polar surface area (TPSA) is 139 Å². The van der Waals surface area contributed by atoms with E-state index in [0.717, 1.165) is 81.3 Å². The van der Waals surface area contributed by atoms with Crippen molar-refractivity contribution in [2.75, 3.05) is 59.0 Å². The number of amides is 3. The SMILES string of the molecule is CCNC(=O)OC(COc1ccc(C(C)(C)c2ccc(OCC(CN3CC3C)OC(=O)NCCCCCCNC(=O)OC3CCCCC3)cc2)cc1)CN1CC1C. The summed E-state index contributed by atoms with van der Waals surface area (Å²) in [5, 5.41) is 8.45. The second-order valence-electron chi connectivity index (χ2n) is 16.4. The number of nitrogens with one attached hydrogen (secondary N) is 3. The Morgan fingerprint density at radius 2 is 1.11 bits per heavy atom. The lowest BCUT2D eigenvalue weighted by molar-refractivity contribution is 0.0556. The van der Waals surface area contributed by atoms with Crippen LogP contribution in [0.2, 0.25) is 0 Å². The molecule has 57 heavy (non-hydrogen) atoms. The van der Waals surface area contributed by atoms with E-state index < -0.39 is 18.3 Å². The molecule has 0 bridgehead atoms. The molecule has 3 amide bonds. The molecule has 1 saturated carbocycles. The summed E-state index contributed by atoms with van der Waals surface area (Å²) in [6.45, 7) is 16.0. The summed E-state index contributed by atoms with van der Waals surface area (Å²) < 4.78 is 29.1. The zero-order valence-corrected chi connectivity index (χ0v) is 34.9. The average molecular weight is 794 g/mol. The number of hydrogen-bond acceptors (Lipinski definition) is 10. The fourth-order valence-corrected chi connectivity index (χ4v) is 7.24. The molecule has 6 unspecified atom stereocenters. The van der Waals surface area contributed by atoms with Gasteiger partial charge in [-0.05, 0) is 94.7 Å². The highest BCUT2D eigenvalue weighted by molar-refractivity contribution is 5.68. The Kier molecular flexibility index (Phi) is 17.0. The molecule has 3 N–H and O–H groups in total. The molecule has 2 aliphatic heterocycles. The third-order valence-electron chi connectivity index (χ3n) is 11.2. The van der Waals surface area contributed by atoms with Crippen molar-refractivity contribution >= 4 is 18.3 Å². The van der Waals surface area contributed by atoms with Gasteiger partial charge in [0.15, 0.2) is 12.2 Å². The van der Waals surface area contributed by atoms with E-state index >= 15 is 0 Å². The van der Waals surface area contributed by atoms with Crippen LogP contribution in [0.3, 0.4) is 0 Å². The number of ether oxygens (including phenoxy) is 5. The van der Waals surface area contributed by atoms with E-state index in [1.165, 1.54) is 6.42 Å². The summed E-state index contributed by atoms with van der Waals surface area (Å²) in [7, 11) is 0. The Morgan fingerprint density at radius 1 is 0.667 bits per heavy atom. The number of unbranched alkanes of at least 4 members (excludes halogenated alkanes) is 3. The van der Waals surface area contributed by atoms with Crippen molar-refractivity contribution in [3.8, 4) is 11.5 Å². The van der Waals surface area contributed by atoms with Gasteiger partial charge in [0.05, 0.1) is 0 Å². The molecule has 2 saturated heterocycles. The van der Waals surface area contributed by atoms with Crippen LogP contribution in [0.1, 0.15) is 104 Å². The first-order chi connectivity index (χ1) is 27.5. The molecule has 13 nitrogen and oxygen atoms in total. The van der Waals surface area contributed by atoms with Gasteiger partial charge >= 0.3 is 18.3 Å². The lowest BCUT2D eigenvalue weighted by Crippen LogP contribution is -2.36. The van der Waals surface area contributed by atoms with Gasteiger partial charge in [0.2, 0.25) is 0 Å². The standard InChI is InChI=1S/C44H67N5O8/c1-6-45-41(50)56-39(28-48-26-32(48)2)30-53-36-20-16-34(17-21-36)44(4,5)35-18-22-37(23-19-35)54-31-40(29-49-27-33(49)3)57-43(52)47-25-13-8-7-12-24-46-42(51)55-38-14-10-9-11-15-38/h16-23,32-33,38-40H,6-15,24-31H2,1-5H3,(H,45,50)(H,46,51)(H,47,52). The molecule has 1 aliphatic carbocycles. The van der Waals surface area contributed by atoms with Crippen molar-refractivity contribution in [1.82, 2.24) is 25.8 Å². The van der Waals surface area contributed by atoms with Crippen molar-refractivity contribution in [2.24, 2.45) is 0 Å². The molecule has 6 atom stereocenters. The second kappa shape index (κ2) is 22.1. The number of rotatable bonds is 23. The van der Waals surface area contributed by atoms with E-state index in [-0.39, 0.29) is 36.9 Å². The summed E-state index contributed by atoms with van der Waals surface area (Å²) in [5.41, 5.74) is 1.98. The summed E-state index contributed by atoms with van der Waals surface area (Å²) in [5.74, 6) is 1.43. The van der Waals surface area contributed by atoms with Crippen LogP contribution in [0, 0.1) is 0 Å². The summed E-state index contributed by atoms with van der Waals surface area (Å²) in [4.78, 5) is 41.3. The fraction of sp³-hybridized carbons (Fsp3) is 0.659. The minimum Gasteiger partial charge on any atom is -0.490 e. The maximum Gasteiger partial charge on any atom is 0.407 e. The van der Waals surface area contributed by atoms with E-state index in [1.807, 2.05) is 31.2 Å². The van der Waals surface area contributed by atoms with Gasteiger partial charge in [0, 0.05) is 63.3 Å². The quantitative estimate of drug-likeness (QED) is 0.0612. The van der Waals surface area contributed by atoms with Crippen LogP contribution in [0.4, 0.5) is 14.4 Å². The first-order valence-electron chi connectivity index (χ1n) is 21.3. The molecule has 13 heteroatoms. The Balaban J connectivity index is 1.00. The lowest BCUT2D eigenvalue weighted by Gasteiger charge is -2.27. The molecule has 2 heterocycles. The minimum absolute atomic E-state index is 0.0678. The lowest BCUT2D eigenvalue weighted by atomic mass is 9.78. The summed E-state index contributed by atoms with van der Waals surface area (Å²) >= 11 is 0. The molecule has 3 aliphatic rings. The van der Waals surface area contributed by atoms with Crippen LogP contribution in [0.15, 0.2) is 48.5 Å². The summed E-state index contributed by atoms with van der Waals surface area (Å²) in [6, 6.07) is 17.1. The van der Waals surface area contributed by atoms with Gasteiger partial charge in [-0.1, -0.05) is 57.4 Å². The monoisotopic (exact) mass is 793 g/mol. The highest BCUT2D eigenvalue weighted by Crippen LogP contribution is 2.33. The molecule has 2 aromatic carbocycles. The van der Waals surface area contributed by atoms with E-state index in [0.29, 0.717) is 50.6 Å². The van der Waals surface area contributed by atoms with Gasteiger partial charge in [-0.25, -0.2) is 14.4 Å². The first-order valence-corrected chi connectivity index (χ1v) is 21.3. The van der Waals surface area contributed by atoms with E-state index in [2.05, 4.69) is 77.7 Å². The Bertz CT molecular complexity index is 1530. The van der Waals surface area contributed by atoms with E-state index in [4.69, 9.17) is 23.7 Å². The maximum atomic E-state index is 12.7. The second-order valence-corrected chi connectivity index (χ2v) is 16.4. The zero-order chi connectivity index (χ0) is 40.6. The van der Waals surface area contributed by atoms with Gasteiger partial charge in [0.1, 0.15) is 30.8 Å². The highest BCUT2D eigenvalue weighted by Gasteiger charge is 2.34. The van der Waals surface area contributed by atoms with Gasteiger partial charge in [0.25, 0.3) is 0 Å². The molecule has 2 aromatic rings. The molecule has 0 spiro atoms. The number of carbonyl (C=O) groups excluding carboxylic acids is 3. The van der Waals surface area contributed by atoms with Crippen LogP contribution in [0.5, 0.6) is 11.5 Å².